The predicted molar refractivity (Wildman–Crippen MR) is 86.5 cm³/mol. The Morgan fingerprint density at radius 1 is 1.13 bits per heavy atom. The van der Waals surface area contributed by atoms with Gasteiger partial charge < -0.3 is 0 Å². The van der Waals surface area contributed by atoms with Gasteiger partial charge in [-0.3, -0.25) is 9.36 Å². The second-order valence-corrected chi connectivity index (χ2v) is 5.44. The van der Waals surface area contributed by atoms with Gasteiger partial charge in [-0.05, 0) is 24.6 Å². The van der Waals surface area contributed by atoms with E-state index in [9.17, 15) is 4.79 Å². The number of hydrogen-bond donors (Lipinski definition) is 0. The number of fused-ring (bicyclic) bond motifs is 3. The van der Waals surface area contributed by atoms with Crippen LogP contribution in [0.2, 0.25) is 5.02 Å². The molecule has 114 valence electrons. The van der Waals surface area contributed by atoms with Crippen molar-refractivity contribution in [3.63, 3.8) is 0 Å². The van der Waals surface area contributed by atoms with Crippen LogP contribution in [0.4, 0.5) is 0 Å². The van der Waals surface area contributed by atoms with Crippen LogP contribution in [0, 0.1) is 0 Å². The van der Waals surface area contributed by atoms with Gasteiger partial charge in [0, 0.05) is 17.1 Å². The topological polar surface area (TPSA) is 78.0 Å². The van der Waals surface area contributed by atoms with Crippen LogP contribution in [0.5, 0.6) is 0 Å². The van der Waals surface area contributed by atoms with E-state index in [1.54, 1.807) is 18.3 Å². The molecule has 8 heteroatoms. The average Bonchev–Trinajstić information content (AvgIpc) is 3.00. The number of halogens is 1. The van der Waals surface area contributed by atoms with Crippen LogP contribution in [0.25, 0.3) is 27.9 Å². The lowest BCUT2D eigenvalue weighted by Gasteiger charge is -2.03. The number of aryl methyl sites for hydroxylation is 1. The molecule has 7 nitrogen and oxygen atoms in total. The molecule has 0 spiro atoms. The van der Waals surface area contributed by atoms with E-state index in [0.717, 1.165) is 11.1 Å². The van der Waals surface area contributed by atoms with E-state index < -0.39 is 0 Å². The molecule has 0 aliphatic carbocycles. The molecule has 0 amide bonds. The molecule has 0 unspecified atom stereocenters. The molecule has 1 aromatic carbocycles. The fraction of sp³-hybridized carbons (Fsp3) is 0.133. The molecule has 0 aliphatic heterocycles. The van der Waals surface area contributed by atoms with Gasteiger partial charge in [0.1, 0.15) is 6.33 Å². The van der Waals surface area contributed by atoms with Gasteiger partial charge >= 0.3 is 0 Å². The summed E-state index contributed by atoms with van der Waals surface area (Å²) < 4.78 is 3.01. The first-order chi connectivity index (χ1) is 11.2. The molecule has 3 aromatic heterocycles. The first kappa shape index (κ1) is 13.8. The number of rotatable bonds is 2. The van der Waals surface area contributed by atoms with Crippen LogP contribution in [0.3, 0.4) is 0 Å². The first-order valence-corrected chi connectivity index (χ1v) is 7.42. The van der Waals surface area contributed by atoms with Crippen molar-refractivity contribution in [3.8, 4) is 11.1 Å². The average molecular weight is 327 g/mol. The van der Waals surface area contributed by atoms with Crippen molar-refractivity contribution in [1.29, 1.82) is 0 Å². The van der Waals surface area contributed by atoms with Crippen molar-refractivity contribution in [2.45, 2.75) is 13.5 Å². The summed E-state index contributed by atoms with van der Waals surface area (Å²) in [6.07, 6.45) is 3.18. The van der Waals surface area contributed by atoms with Crippen LogP contribution >= 0.6 is 11.6 Å². The maximum absolute atomic E-state index is 12.3. The van der Waals surface area contributed by atoms with E-state index in [-0.39, 0.29) is 11.1 Å². The summed E-state index contributed by atoms with van der Waals surface area (Å²) >= 11 is 5.92. The van der Waals surface area contributed by atoms with Crippen molar-refractivity contribution < 1.29 is 0 Å². The highest BCUT2D eigenvalue weighted by Gasteiger charge is 2.14. The Bertz CT molecular complexity index is 1080. The van der Waals surface area contributed by atoms with Crippen molar-refractivity contribution in [1.82, 2.24) is 29.4 Å². The Morgan fingerprint density at radius 3 is 2.65 bits per heavy atom. The van der Waals surface area contributed by atoms with E-state index in [1.165, 1.54) is 15.4 Å². The van der Waals surface area contributed by atoms with Crippen LogP contribution in [-0.2, 0) is 6.54 Å². The molecule has 23 heavy (non-hydrogen) atoms. The summed E-state index contributed by atoms with van der Waals surface area (Å²) in [5.74, 6) is 0. The molecule has 0 atom stereocenters. The third kappa shape index (κ3) is 2.08. The van der Waals surface area contributed by atoms with E-state index in [4.69, 9.17) is 11.6 Å². The number of nitrogens with zero attached hydrogens (tertiary/aromatic N) is 6. The fourth-order valence-electron chi connectivity index (χ4n) is 2.46. The van der Waals surface area contributed by atoms with Crippen LogP contribution in [0.1, 0.15) is 6.92 Å². The molecule has 0 radical (unpaired) electrons. The normalized spacial score (nSPS) is 11.4. The second-order valence-electron chi connectivity index (χ2n) is 5.01. The van der Waals surface area contributed by atoms with Gasteiger partial charge in [-0.1, -0.05) is 23.7 Å². The summed E-state index contributed by atoms with van der Waals surface area (Å²) in [6.45, 7) is 2.39. The SMILES string of the molecule is CCn1cnc2c(nnc3c(-c4ccc(Cl)cc4)cnn32)c1=O. The standard InChI is InChI=1S/C15H11ClN6O/c1-2-21-8-17-14-12(15(21)23)19-20-13-11(7-18-22(13)14)9-3-5-10(16)6-4-9/h3-8H,2H2,1H3. The van der Waals surface area contributed by atoms with E-state index in [0.29, 0.717) is 22.9 Å². The highest BCUT2D eigenvalue weighted by Crippen LogP contribution is 2.25. The lowest BCUT2D eigenvalue weighted by molar-refractivity contribution is 0.709. The lowest BCUT2D eigenvalue weighted by Crippen LogP contribution is -2.22. The number of aromatic nitrogens is 6. The van der Waals surface area contributed by atoms with Gasteiger partial charge in [-0.2, -0.15) is 9.61 Å². The number of benzene rings is 1. The third-order valence-corrected chi connectivity index (χ3v) is 3.93. The Hall–Kier alpha value is -2.80. The molecule has 0 aliphatic rings. The summed E-state index contributed by atoms with van der Waals surface area (Å²) in [6, 6.07) is 7.36. The molecule has 0 saturated heterocycles. The van der Waals surface area contributed by atoms with Gasteiger partial charge in [0.2, 0.25) is 0 Å². The molecule has 0 bridgehead atoms. The van der Waals surface area contributed by atoms with Crippen molar-refractivity contribution in [3.05, 3.63) is 52.2 Å². The Morgan fingerprint density at radius 2 is 1.91 bits per heavy atom. The van der Waals surface area contributed by atoms with Crippen LogP contribution in [-0.4, -0.2) is 29.4 Å². The Labute approximate surface area is 135 Å². The van der Waals surface area contributed by atoms with Crippen LogP contribution < -0.4 is 5.56 Å². The van der Waals surface area contributed by atoms with Gasteiger partial charge in [-0.25, -0.2) is 4.98 Å². The minimum atomic E-state index is -0.226. The molecule has 4 rings (SSSR count). The summed E-state index contributed by atoms with van der Waals surface area (Å²) in [7, 11) is 0. The zero-order valence-corrected chi connectivity index (χ0v) is 12.9. The van der Waals surface area contributed by atoms with Crippen molar-refractivity contribution in [2.24, 2.45) is 0 Å². The van der Waals surface area contributed by atoms with Crippen molar-refractivity contribution in [2.75, 3.05) is 0 Å². The monoisotopic (exact) mass is 326 g/mol. The largest absolute Gasteiger partial charge is 0.297 e. The Kier molecular flexibility index (Phi) is 3.09. The second kappa shape index (κ2) is 5.13. The highest BCUT2D eigenvalue weighted by atomic mass is 35.5. The minimum absolute atomic E-state index is 0.201. The predicted octanol–water partition coefficient (Wildman–Crippen LogP) is 2.17. The summed E-state index contributed by atoms with van der Waals surface area (Å²) in [5.41, 5.74) is 2.63. The van der Waals surface area contributed by atoms with E-state index in [2.05, 4.69) is 20.3 Å². The maximum Gasteiger partial charge on any atom is 0.283 e. The fourth-order valence-corrected chi connectivity index (χ4v) is 2.59. The van der Waals surface area contributed by atoms with E-state index in [1.807, 2.05) is 19.1 Å². The molecular formula is C15H11ClN6O. The quantitative estimate of drug-likeness (QED) is 0.564. The number of hydrogen-bond acceptors (Lipinski definition) is 5. The molecule has 0 N–H and O–H groups in total. The molecule has 3 heterocycles. The first-order valence-electron chi connectivity index (χ1n) is 7.04. The smallest absolute Gasteiger partial charge is 0.283 e. The van der Waals surface area contributed by atoms with Crippen LogP contribution in [0.15, 0.2) is 41.6 Å². The lowest BCUT2D eigenvalue weighted by atomic mass is 10.1. The summed E-state index contributed by atoms with van der Waals surface area (Å²) in [5, 5.41) is 13.2. The molecular weight excluding hydrogens is 316 g/mol. The van der Waals surface area contributed by atoms with E-state index >= 15 is 0 Å². The van der Waals surface area contributed by atoms with Gasteiger partial charge in [0.25, 0.3) is 5.56 Å². The zero-order chi connectivity index (χ0) is 16.0. The zero-order valence-electron chi connectivity index (χ0n) is 12.1. The maximum atomic E-state index is 12.3. The minimum Gasteiger partial charge on any atom is -0.297 e. The van der Waals surface area contributed by atoms with Gasteiger partial charge in [-0.15, -0.1) is 10.2 Å². The van der Waals surface area contributed by atoms with Gasteiger partial charge in [0.05, 0.1) is 6.20 Å². The highest BCUT2D eigenvalue weighted by molar-refractivity contribution is 6.30. The van der Waals surface area contributed by atoms with Gasteiger partial charge in [0.15, 0.2) is 16.8 Å². The summed E-state index contributed by atoms with van der Waals surface area (Å²) in [4.78, 5) is 16.6. The molecule has 0 fully saturated rings. The van der Waals surface area contributed by atoms with Crippen molar-refractivity contribution >= 4 is 28.4 Å². The molecule has 4 aromatic rings. The Balaban J connectivity index is 2.01. The third-order valence-electron chi connectivity index (χ3n) is 3.68. The molecule has 0 saturated carbocycles.